The molecule has 3 rings (SSSR count). The monoisotopic (exact) mass is 411 g/mol. The summed E-state index contributed by atoms with van der Waals surface area (Å²) >= 11 is 0. The maximum atomic E-state index is 13.6. The molecule has 3 aromatic rings. The molecule has 0 saturated carbocycles. The highest BCUT2D eigenvalue weighted by Gasteiger charge is 2.34. The van der Waals surface area contributed by atoms with Crippen LogP contribution in [0.5, 0.6) is 11.5 Å². The molecule has 0 saturated heterocycles. The summed E-state index contributed by atoms with van der Waals surface area (Å²) in [6.45, 7) is 1.83. The number of hydrogen-bond acceptors (Lipinski definition) is 5. The Morgan fingerprint density at radius 2 is 1.52 bits per heavy atom. The minimum Gasteiger partial charge on any atom is -0.497 e. The zero-order chi connectivity index (χ0) is 21.0. The summed E-state index contributed by atoms with van der Waals surface area (Å²) in [7, 11) is -1.36. The summed E-state index contributed by atoms with van der Waals surface area (Å²) in [6, 6.07) is 19.2. The van der Waals surface area contributed by atoms with Crippen molar-refractivity contribution in [2.24, 2.45) is 0 Å². The zero-order valence-corrected chi connectivity index (χ0v) is 17.1. The van der Waals surface area contributed by atoms with Crippen LogP contribution in [0.3, 0.4) is 0 Å². The normalized spacial score (nSPS) is 11.0. The van der Waals surface area contributed by atoms with Gasteiger partial charge in [0.25, 0.3) is 15.9 Å². The first kappa shape index (κ1) is 20.4. The number of carbonyl (C=O) groups is 1. The standard InChI is InChI=1S/C22H21NO5S/c1-16-9-14-21(20(15-16)28-3)29(25,26)23(18-10-12-19(27-2)13-11-18)22(24)17-7-5-4-6-8-17/h4-15H,1-3H3. The first-order valence-corrected chi connectivity index (χ1v) is 10.3. The molecule has 0 N–H and O–H groups in total. The van der Waals surface area contributed by atoms with Crippen LogP contribution in [-0.4, -0.2) is 28.5 Å². The van der Waals surface area contributed by atoms with Gasteiger partial charge in [-0.3, -0.25) is 4.79 Å². The van der Waals surface area contributed by atoms with E-state index in [0.29, 0.717) is 5.75 Å². The van der Waals surface area contributed by atoms with Gasteiger partial charge >= 0.3 is 0 Å². The van der Waals surface area contributed by atoms with Gasteiger partial charge in [-0.25, -0.2) is 8.42 Å². The number of aryl methyl sites for hydroxylation is 1. The number of amides is 1. The topological polar surface area (TPSA) is 72.9 Å². The van der Waals surface area contributed by atoms with E-state index in [2.05, 4.69) is 0 Å². The molecule has 1 amide bonds. The molecule has 0 radical (unpaired) electrons. The Morgan fingerprint density at radius 3 is 2.10 bits per heavy atom. The van der Waals surface area contributed by atoms with Crippen molar-refractivity contribution in [1.82, 2.24) is 0 Å². The molecule has 150 valence electrons. The lowest BCUT2D eigenvalue weighted by molar-refractivity contribution is 0.101. The molecule has 0 unspecified atom stereocenters. The van der Waals surface area contributed by atoms with Gasteiger partial charge in [-0.05, 0) is 61.0 Å². The smallest absolute Gasteiger partial charge is 0.274 e. The van der Waals surface area contributed by atoms with Crippen molar-refractivity contribution < 1.29 is 22.7 Å². The van der Waals surface area contributed by atoms with Gasteiger partial charge in [-0.1, -0.05) is 24.3 Å². The molecule has 0 aliphatic rings. The van der Waals surface area contributed by atoms with Crippen LogP contribution in [0.15, 0.2) is 77.7 Å². The Labute approximate surface area is 170 Å². The van der Waals surface area contributed by atoms with Crippen molar-refractivity contribution in [3.8, 4) is 11.5 Å². The fourth-order valence-corrected chi connectivity index (χ4v) is 4.42. The Balaban J connectivity index is 2.20. The molecule has 0 heterocycles. The largest absolute Gasteiger partial charge is 0.497 e. The number of ether oxygens (including phenoxy) is 2. The lowest BCUT2D eigenvalue weighted by atomic mass is 10.2. The zero-order valence-electron chi connectivity index (χ0n) is 16.3. The molecule has 0 fully saturated rings. The Morgan fingerprint density at radius 1 is 0.862 bits per heavy atom. The van der Waals surface area contributed by atoms with Crippen LogP contribution in [0.2, 0.25) is 0 Å². The number of nitrogens with zero attached hydrogens (tertiary/aromatic N) is 1. The lowest BCUT2D eigenvalue weighted by Gasteiger charge is -2.24. The highest BCUT2D eigenvalue weighted by molar-refractivity contribution is 7.93. The van der Waals surface area contributed by atoms with E-state index in [1.165, 1.54) is 32.4 Å². The van der Waals surface area contributed by atoms with Crippen LogP contribution < -0.4 is 13.8 Å². The summed E-state index contributed by atoms with van der Waals surface area (Å²) in [5.74, 6) is 0.0499. The molecule has 6 nitrogen and oxygen atoms in total. The molecular formula is C22H21NO5S. The predicted molar refractivity (Wildman–Crippen MR) is 111 cm³/mol. The van der Waals surface area contributed by atoms with Crippen molar-refractivity contribution in [1.29, 1.82) is 0 Å². The van der Waals surface area contributed by atoms with Crippen molar-refractivity contribution >= 4 is 21.6 Å². The Hall–Kier alpha value is -3.32. The second kappa shape index (κ2) is 8.36. The van der Waals surface area contributed by atoms with Crippen molar-refractivity contribution in [3.05, 3.63) is 83.9 Å². The number of rotatable bonds is 6. The number of methoxy groups -OCH3 is 2. The van der Waals surface area contributed by atoms with Crippen LogP contribution in [-0.2, 0) is 10.0 Å². The highest BCUT2D eigenvalue weighted by Crippen LogP contribution is 2.32. The van der Waals surface area contributed by atoms with Gasteiger partial charge in [0.2, 0.25) is 0 Å². The van der Waals surface area contributed by atoms with E-state index < -0.39 is 15.9 Å². The van der Waals surface area contributed by atoms with Crippen LogP contribution >= 0.6 is 0 Å². The molecule has 0 aliphatic carbocycles. The fraction of sp³-hybridized carbons (Fsp3) is 0.136. The van der Waals surface area contributed by atoms with Gasteiger partial charge in [0.1, 0.15) is 16.4 Å². The summed E-state index contributed by atoms with van der Waals surface area (Å²) in [6.07, 6.45) is 0. The number of sulfonamides is 1. The molecule has 0 aliphatic heterocycles. The van der Waals surface area contributed by atoms with Gasteiger partial charge in [-0.15, -0.1) is 0 Å². The quantitative estimate of drug-likeness (QED) is 0.612. The van der Waals surface area contributed by atoms with E-state index in [9.17, 15) is 13.2 Å². The van der Waals surface area contributed by atoms with Gasteiger partial charge in [0.05, 0.1) is 19.9 Å². The van der Waals surface area contributed by atoms with Gasteiger partial charge in [-0.2, -0.15) is 4.31 Å². The predicted octanol–water partition coefficient (Wildman–Crippen LogP) is 4.05. The third-order valence-electron chi connectivity index (χ3n) is 4.35. The van der Waals surface area contributed by atoms with Gasteiger partial charge < -0.3 is 9.47 Å². The average Bonchev–Trinajstić information content (AvgIpc) is 2.74. The molecule has 0 aromatic heterocycles. The first-order chi connectivity index (χ1) is 13.9. The molecule has 7 heteroatoms. The van der Waals surface area contributed by atoms with E-state index in [0.717, 1.165) is 9.87 Å². The van der Waals surface area contributed by atoms with Crippen LogP contribution in [0.1, 0.15) is 15.9 Å². The number of anilines is 1. The second-order valence-electron chi connectivity index (χ2n) is 6.29. The second-order valence-corrected chi connectivity index (χ2v) is 8.05. The summed E-state index contributed by atoms with van der Waals surface area (Å²) in [5.41, 5.74) is 1.28. The molecule has 0 spiro atoms. The van der Waals surface area contributed by atoms with Crippen molar-refractivity contribution in [3.63, 3.8) is 0 Å². The summed E-state index contributed by atoms with van der Waals surface area (Å²) in [5, 5.41) is 0. The van der Waals surface area contributed by atoms with Crippen LogP contribution in [0.25, 0.3) is 0 Å². The average molecular weight is 411 g/mol. The minimum absolute atomic E-state index is 0.0919. The SMILES string of the molecule is COc1ccc(N(C(=O)c2ccccc2)S(=O)(=O)c2ccc(C)cc2OC)cc1. The maximum absolute atomic E-state index is 13.6. The summed E-state index contributed by atoms with van der Waals surface area (Å²) < 4.78 is 38.4. The van der Waals surface area contributed by atoms with E-state index in [4.69, 9.17) is 9.47 Å². The lowest BCUT2D eigenvalue weighted by Crippen LogP contribution is -2.37. The van der Waals surface area contributed by atoms with E-state index >= 15 is 0 Å². The van der Waals surface area contributed by atoms with E-state index in [1.54, 1.807) is 54.6 Å². The van der Waals surface area contributed by atoms with Crippen LogP contribution in [0, 0.1) is 6.92 Å². The Kier molecular flexibility index (Phi) is 5.89. The molecule has 29 heavy (non-hydrogen) atoms. The van der Waals surface area contributed by atoms with E-state index in [1.807, 2.05) is 6.92 Å². The number of benzene rings is 3. The molecule has 3 aromatic carbocycles. The molecule has 0 bridgehead atoms. The third-order valence-corrected chi connectivity index (χ3v) is 6.10. The molecule has 0 atom stereocenters. The number of hydrogen-bond donors (Lipinski definition) is 0. The van der Waals surface area contributed by atoms with Gasteiger partial charge in [0, 0.05) is 5.56 Å². The highest BCUT2D eigenvalue weighted by atomic mass is 32.2. The Bertz CT molecular complexity index is 1110. The van der Waals surface area contributed by atoms with Gasteiger partial charge in [0.15, 0.2) is 0 Å². The molecular weight excluding hydrogens is 390 g/mol. The fourth-order valence-electron chi connectivity index (χ4n) is 2.87. The first-order valence-electron chi connectivity index (χ1n) is 8.82. The summed E-state index contributed by atoms with van der Waals surface area (Å²) in [4.78, 5) is 13.2. The number of carbonyl (C=O) groups excluding carboxylic acids is 1. The third kappa shape index (κ3) is 4.09. The van der Waals surface area contributed by atoms with E-state index in [-0.39, 0.29) is 21.9 Å². The van der Waals surface area contributed by atoms with Crippen molar-refractivity contribution in [2.45, 2.75) is 11.8 Å². The minimum atomic E-state index is -4.26. The van der Waals surface area contributed by atoms with Crippen molar-refractivity contribution in [2.75, 3.05) is 18.5 Å². The van der Waals surface area contributed by atoms with Crippen LogP contribution in [0.4, 0.5) is 5.69 Å². The maximum Gasteiger partial charge on any atom is 0.274 e.